The molecule has 0 saturated heterocycles. The Balaban J connectivity index is 2.41. The standard InChI is InChI=1S/C15H11ClF2O4/c16-11-3-1-2-10(7-11)12-6-9(8-21-15(19)20)4-5-13(12)22-14(17)18/h1-7,14H,8H2,(H,19,20). The lowest BCUT2D eigenvalue weighted by atomic mass is 10.0. The lowest BCUT2D eigenvalue weighted by molar-refractivity contribution is -0.0494. The summed E-state index contributed by atoms with van der Waals surface area (Å²) in [6.07, 6.45) is -1.42. The van der Waals surface area contributed by atoms with Crippen molar-refractivity contribution in [3.8, 4) is 16.9 Å². The van der Waals surface area contributed by atoms with Crippen molar-refractivity contribution < 1.29 is 28.2 Å². The molecule has 0 amide bonds. The van der Waals surface area contributed by atoms with Gasteiger partial charge in [-0.2, -0.15) is 8.78 Å². The fourth-order valence-electron chi connectivity index (χ4n) is 1.89. The summed E-state index contributed by atoms with van der Waals surface area (Å²) in [4.78, 5) is 10.4. The molecule has 0 aliphatic heterocycles. The minimum absolute atomic E-state index is 0.0312. The smallest absolute Gasteiger partial charge is 0.450 e. The Bertz CT molecular complexity index is 676. The highest BCUT2D eigenvalue weighted by atomic mass is 35.5. The van der Waals surface area contributed by atoms with Crippen LogP contribution in [0.1, 0.15) is 5.56 Å². The van der Waals surface area contributed by atoms with Gasteiger partial charge in [0.05, 0.1) is 0 Å². The van der Waals surface area contributed by atoms with E-state index in [-0.39, 0.29) is 12.4 Å². The van der Waals surface area contributed by atoms with Crippen LogP contribution in [-0.4, -0.2) is 17.9 Å². The van der Waals surface area contributed by atoms with E-state index in [1.165, 1.54) is 18.2 Å². The summed E-state index contributed by atoms with van der Waals surface area (Å²) in [6, 6.07) is 10.9. The highest BCUT2D eigenvalue weighted by molar-refractivity contribution is 6.30. The lowest BCUT2D eigenvalue weighted by Gasteiger charge is -2.13. The second-order valence-corrected chi connectivity index (χ2v) is 4.71. The van der Waals surface area contributed by atoms with Crippen LogP contribution < -0.4 is 4.74 Å². The molecule has 22 heavy (non-hydrogen) atoms. The van der Waals surface area contributed by atoms with Gasteiger partial charge in [0.15, 0.2) is 0 Å². The highest BCUT2D eigenvalue weighted by Crippen LogP contribution is 2.33. The lowest BCUT2D eigenvalue weighted by Crippen LogP contribution is -2.04. The molecule has 0 spiro atoms. The van der Waals surface area contributed by atoms with E-state index in [2.05, 4.69) is 9.47 Å². The van der Waals surface area contributed by atoms with E-state index >= 15 is 0 Å². The second kappa shape index (κ2) is 7.09. The number of rotatable bonds is 5. The van der Waals surface area contributed by atoms with Crippen molar-refractivity contribution in [2.75, 3.05) is 0 Å². The van der Waals surface area contributed by atoms with E-state index in [1.807, 2.05) is 0 Å². The molecule has 0 saturated carbocycles. The number of carbonyl (C=O) groups is 1. The van der Waals surface area contributed by atoms with Crippen molar-refractivity contribution in [2.24, 2.45) is 0 Å². The van der Waals surface area contributed by atoms with Crippen LogP contribution in [0, 0.1) is 0 Å². The van der Waals surface area contributed by atoms with Gasteiger partial charge < -0.3 is 14.6 Å². The van der Waals surface area contributed by atoms with E-state index in [0.717, 1.165) is 0 Å². The normalized spacial score (nSPS) is 10.5. The number of carboxylic acid groups (broad SMARTS) is 1. The van der Waals surface area contributed by atoms with Crippen molar-refractivity contribution in [1.29, 1.82) is 0 Å². The van der Waals surface area contributed by atoms with Crippen molar-refractivity contribution in [3.63, 3.8) is 0 Å². The average molecular weight is 329 g/mol. The molecule has 0 fully saturated rings. The molecule has 0 unspecified atom stereocenters. The zero-order chi connectivity index (χ0) is 16.1. The Hall–Kier alpha value is -2.34. The molecule has 0 bridgehead atoms. The molecule has 7 heteroatoms. The number of benzene rings is 2. The van der Waals surface area contributed by atoms with Crippen LogP contribution in [0.5, 0.6) is 5.75 Å². The third kappa shape index (κ3) is 4.33. The molecule has 0 heterocycles. The predicted molar refractivity (Wildman–Crippen MR) is 76.3 cm³/mol. The third-order valence-corrected chi connectivity index (χ3v) is 2.99. The molecule has 0 aromatic heterocycles. The Labute approximate surface area is 129 Å². The molecule has 0 aliphatic carbocycles. The van der Waals surface area contributed by atoms with Crippen LogP contribution in [0.25, 0.3) is 11.1 Å². The Kier molecular flexibility index (Phi) is 5.16. The maximum Gasteiger partial charge on any atom is 0.506 e. The first-order valence-corrected chi connectivity index (χ1v) is 6.53. The van der Waals surface area contributed by atoms with Gasteiger partial charge >= 0.3 is 12.8 Å². The van der Waals surface area contributed by atoms with E-state index in [4.69, 9.17) is 16.7 Å². The molecule has 2 aromatic rings. The molecular formula is C15H11ClF2O4. The molecule has 4 nitrogen and oxygen atoms in total. The molecule has 0 atom stereocenters. The molecule has 0 aliphatic rings. The van der Waals surface area contributed by atoms with Gasteiger partial charge in [0.2, 0.25) is 0 Å². The molecule has 2 rings (SSSR count). The van der Waals surface area contributed by atoms with Gasteiger partial charge in [-0.1, -0.05) is 29.8 Å². The summed E-state index contributed by atoms with van der Waals surface area (Å²) in [5, 5.41) is 8.95. The number of alkyl halides is 2. The Morgan fingerprint density at radius 3 is 2.64 bits per heavy atom. The third-order valence-electron chi connectivity index (χ3n) is 2.76. The first-order valence-electron chi connectivity index (χ1n) is 6.15. The van der Waals surface area contributed by atoms with E-state index in [1.54, 1.807) is 24.3 Å². The number of ether oxygens (including phenoxy) is 2. The van der Waals surface area contributed by atoms with Gasteiger partial charge in [-0.15, -0.1) is 0 Å². The minimum Gasteiger partial charge on any atom is -0.450 e. The van der Waals surface area contributed by atoms with Gasteiger partial charge in [0.25, 0.3) is 0 Å². The van der Waals surface area contributed by atoms with Gasteiger partial charge in [-0.3, -0.25) is 0 Å². The SMILES string of the molecule is O=C(O)OCc1ccc(OC(F)F)c(-c2cccc(Cl)c2)c1. The molecule has 116 valence electrons. The topological polar surface area (TPSA) is 55.8 Å². The van der Waals surface area contributed by atoms with Crippen molar-refractivity contribution >= 4 is 17.8 Å². The number of hydrogen-bond donors (Lipinski definition) is 1. The van der Waals surface area contributed by atoms with Crippen LogP contribution in [0.3, 0.4) is 0 Å². The maximum absolute atomic E-state index is 12.5. The molecule has 1 N–H and O–H groups in total. The van der Waals surface area contributed by atoms with Gasteiger partial charge in [-0.25, -0.2) is 4.79 Å². The predicted octanol–water partition coefficient (Wildman–Crippen LogP) is 4.80. The fourth-order valence-corrected chi connectivity index (χ4v) is 2.08. The van der Waals surface area contributed by atoms with Gasteiger partial charge in [-0.05, 0) is 35.4 Å². The monoisotopic (exact) mass is 328 g/mol. The summed E-state index contributed by atoms with van der Waals surface area (Å²) >= 11 is 5.90. The Morgan fingerprint density at radius 2 is 2.00 bits per heavy atom. The maximum atomic E-state index is 12.5. The number of halogens is 3. The van der Waals surface area contributed by atoms with Crippen molar-refractivity contribution in [2.45, 2.75) is 13.2 Å². The Morgan fingerprint density at radius 1 is 1.23 bits per heavy atom. The second-order valence-electron chi connectivity index (χ2n) is 4.27. The quantitative estimate of drug-likeness (QED) is 0.801. The largest absolute Gasteiger partial charge is 0.506 e. The first-order chi connectivity index (χ1) is 10.5. The van der Waals surface area contributed by atoms with E-state index in [9.17, 15) is 13.6 Å². The van der Waals surface area contributed by atoms with Gasteiger partial charge in [0.1, 0.15) is 12.4 Å². The number of hydrogen-bond acceptors (Lipinski definition) is 3. The van der Waals surface area contributed by atoms with Crippen LogP contribution in [0.15, 0.2) is 42.5 Å². The van der Waals surface area contributed by atoms with Crippen molar-refractivity contribution in [1.82, 2.24) is 0 Å². The molecule has 2 aromatic carbocycles. The van der Waals surface area contributed by atoms with Crippen LogP contribution in [0.2, 0.25) is 5.02 Å². The molecule has 0 radical (unpaired) electrons. The van der Waals surface area contributed by atoms with Crippen LogP contribution in [0.4, 0.5) is 13.6 Å². The first kappa shape index (κ1) is 16.0. The van der Waals surface area contributed by atoms with Crippen molar-refractivity contribution in [3.05, 3.63) is 53.1 Å². The molecular weight excluding hydrogens is 318 g/mol. The van der Waals surface area contributed by atoms with Crippen LogP contribution in [-0.2, 0) is 11.3 Å². The van der Waals surface area contributed by atoms with Crippen LogP contribution >= 0.6 is 11.6 Å². The fraction of sp³-hybridized carbons (Fsp3) is 0.133. The summed E-state index contributed by atoms with van der Waals surface area (Å²) in [6.45, 7) is -3.17. The van der Waals surface area contributed by atoms with E-state index in [0.29, 0.717) is 21.7 Å². The summed E-state index contributed by atoms with van der Waals surface area (Å²) in [5.74, 6) is -0.0312. The highest BCUT2D eigenvalue weighted by Gasteiger charge is 2.13. The summed E-state index contributed by atoms with van der Waals surface area (Å²) in [7, 11) is 0. The summed E-state index contributed by atoms with van der Waals surface area (Å²) in [5.41, 5.74) is 1.44. The van der Waals surface area contributed by atoms with E-state index < -0.39 is 12.8 Å². The van der Waals surface area contributed by atoms with Gasteiger partial charge in [0, 0.05) is 10.6 Å². The summed E-state index contributed by atoms with van der Waals surface area (Å²) < 4.78 is 34.0. The zero-order valence-electron chi connectivity index (χ0n) is 11.1. The average Bonchev–Trinajstić information content (AvgIpc) is 2.45. The minimum atomic E-state index is -2.97. The zero-order valence-corrected chi connectivity index (χ0v) is 11.9.